The van der Waals surface area contributed by atoms with Crippen LogP contribution in [-0.2, 0) is 23.5 Å². The molecule has 122 valence electrons. The van der Waals surface area contributed by atoms with Gasteiger partial charge in [0, 0.05) is 13.1 Å². The lowest BCUT2D eigenvalue weighted by Gasteiger charge is -2.28. The predicted octanol–water partition coefficient (Wildman–Crippen LogP) is 3.38. The molecule has 24 heavy (non-hydrogen) atoms. The second kappa shape index (κ2) is 6.69. The van der Waals surface area contributed by atoms with Crippen LogP contribution in [0.3, 0.4) is 0 Å². The summed E-state index contributed by atoms with van der Waals surface area (Å²) in [6.07, 6.45) is 0.955. The summed E-state index contributed by atoms with van der Waals surface area (Å²) in [7, 11) is 0. The Morgan fingerprint density at radius 1 is 1.12 bits per heavy atom. The number of benzene rings is 2. The van der Waals surface area contributed by atoms with E-state index in [-0.39, 0.29) is 5.91 Å². The highest BCUT2D eigenvalue weighted by atomic mass is 32.2. The number of carbonyl (C=O) groups excluding carboxylic acids is 1. The van der Waals surface area contributed by atoms with Crippen LogP contribution in [0.4, 0.5) is 0 Å². The second-order valence-corrected chi connectivity index (χ2v) is 7.01. The molecule has 2 aromatic carbocycles. The number of nitrogens with one attached hydrogen (secondary N) is 1. The van der Waals surface area contributed by atoms with Crippen LogP contribution < -0.4 is 0 Å². The SMILES string of the molecule is O=C(CSCc1nc2ccccc2[nH]1)N1CCc2ccccc2C1. The number of carbonyl (C=O) groups is 1. The summed E-state index contributed by atoms with van der Waals surface area (Å²) in [5.74, 6) is 2.37. The number of fused-ring (bicyclic) bond motifs is 2. The van der Waals surface area contributed by atoms with Gasteiger partial charge in [-0.3, -0.25) is 4.79 Å². The van der Waals surface area contributed by atoms with Crippen molar-refractivity contribution in [3.63, 3.8) is 0 Å². The lowest BCUT2D eigenvalue weighted by molar-refractivity contribution is -0.129. The van der Waals surface area contributed by atoms with E-state index in [0.717, 1.165) is 42.1 Å². The smallest absolute Gasteiger partial charge is 0.232 e. The van der Waals surface area contributed by atoms with Crippen molar-refractivity contribution in [2.24, 2.45) is 0 Å². The van der Waals surface area contributed by atoms with Crippen molar-refractivity contribution in [2.45, 2.75) is 18.7 Å². The molecule has 2 heterocycles. The maximum atomic E-state index is 12.4. The molecule has 4 nitrogen and oxygen atoms in total. The number of para-hydroxylation sites is 2. The summed E-state index contributed by atoms with van der Waals surface area (Å²) >= 11 is 1.62. The topological polar surface area (TPSA) is 49.0 Å². The van der Waals surface area contributed by atoms with Gasteiger partial charge in [-0.25, -0.2) is 4.98 Å². The molecule has 1 amide bonds. The molecule has 0 fully saturated rings. The second-order valence-electron chi connectivity index (χ2n) is 6.03. The third-order valence-electron chi connectivity index (χ3n) is 4.39. The van der Waals surface area contributed by atoms with E-state index in [4.69, 9.17) is 0 Å². The Morgan fingerprint density at radius 2 is 1.92 bits per heavy atom. The first-order valence-corrected chi connectivity index (χ1v) is 9.31. The molecule has 0 atom stereocenters. The summed E-state index contributed by atoms with van der Waals surface area (Å²) in [4.78, 5) is 22.3. The van der Waals surface area contributed by atoms with Crippen molar-refractivity contribution in [1.29, 1.82) is 0 Å². The first kappa shape index (κ1) is 15.3. The Labute approximate surface area is 145 Å². The number of thioether (sulfide) groups is 1. The quantitative estimate of drug-likeness (QED) is 0.794. The van der Waals surface area contributed by atoms with Crippen molar-refractivity contribution in [3.8, 4) is 0 Å². The number of rotatable bonds is 4. The molecule has 1 aliphatic heterocycles. The molecule has 3 aromatic rings. The molecular formula is C19H19N3OS. The van der Waals surface area contributed by atoms with Gasteiger partial charge in [0.2, 0.25) is 5.91 Å². The highest BCUT2D eigenvalue weighted by Crippen LogP contribution is 2.20. The molecule has 1 aliphatic rings. The predicted molar refractivity (Wildman–Crippen MR) is 97.8 cm³/mol. The molecule has 5 heteroatoms. The van der Waals surface area contributed by atoms with Crippen LogP contribution in [0.15, 0.2) is 48.5 Å². The lowest BCUT2D eigenvalue weighted by Crippen LogP contribution is -2.37. The number of aromatic nitrogens is 2. The van der Waals surface area contributed by atoms with Gasteiger partial charge in [-0.05, 0) is 29.7 Å². The maximum absolute atomic E-state index is 12.4. The Bertz CT molecular complexity index is 841. The van der Waals surface area contributed by atoms with Crippen molar-refractivity contribution in [1.82, 2.24) is 14.9 Å². The minimum Gasteiger partial charge on any atom is -0.341 e. The van der Waals surface area contributed by atoms with Crippen LogP contribution in [-0.4, -0.2) is 33.1 Å². The minimum atomic E-state index is 0.214. The Morgan fingerprint density at radius 3 is 2.79 bits per heavy atom. The third-order valence-corrected chi connectivity index (χ3v) is 5.31. The van der Waals surface area contributed by atoms with Gasteiger partial charge in [0.15, 0.2) is 0 Å². The molecule has 1 N–H and O–H groups in total. The van der Waals surface area contributed by atoms with Crippen LogP contribution in [0.1, 0.15) is 17.0 Å². The van der Waals surface area contributed by atoms with Gasteiger partial charge in [0.05, 0.1) is 22.5 Å². The average molecular weight is 337 g/mol. The zero-order chi connectivity index (χ0) is 16.4. The normalized spacial score (nSPS) is 13.9. The molecule has 0 aliphatic carbocycles. The molecule has 0 saturated carbocycles. The molecule has 4 rings (SSSR count). The Balaban J connectivity index is 1.32. The zero-order valence-corrected chi connectivity index (χ0v) is 14.2. The van der Waals surface area contributed by atoms with E-state index in [1.807, 2.05) is 35.2 Å². The van der Waals surface area contributed by atoms with E-state index in [1.165, 1.54) is 11.1 Å². The molecule has 0 saturated heterocycles. The van der Waals surface area contributed by atoms with Gasteiger partial charge >= 0.3 is 0 Å². The van der Waals surface area contributed by atoms with Gasteiger partial charge in [-0.1, -0.05) is 36.4 Å². The van der Waals surface area contributed by atoms with Gasteiger partial charge in [0.25, 0.3) is 0 Å². The van der Waals surface area contributed by atoms with E-state index < -0.39 is 0 Å². The van der Waals surface area contributed by atoms with Crippen LogP contribution in [0, 0.1) is 0 Å². The zero-order valence-electron chi connectivity index (χ0n) is 13.4. The molecule has 0 unspecified atom stereocenters. The van der Waals surface area contributed by atoms with Crippen molar-refractivity contribution < 1.29 is 4.79 Å². The lowest BCUT2D eigenvalue weighted by atomic mass is 10.00. The molecule has 0 spiro atoms. The fourth-order valence-corrected chi connectivity index (χ4v) is 3.90. The average Bonchev–Trinajstić information content (AvgIpc) is 3.04. The largest absolute Gasteiger partial charge is 0.341 e. The molecule has 1 aromatic heterocycles. The van der Waals surface area contributed by atoms with Gasteiger partial charge in [0.1, 0.15) is 5.82 Å². The van der Waals surface area contributed by atoms with Gasteiger partial charge in [-0.15, -0.1) is 11.8 Å². The molecule has 0 bridgehead atoms. The number of aromatic amines is 1. The third kappa shape index (κ3) is 3.17. The number of hydrogen-bond acceptors (Lipinski definition) is 3. The fourth-order valence-electron chi connectivity index (χ4n) is 3.11. The fraction of sp³-hybridized carbons (Fsp3) is 0.263. The number of H-pyrrole nitrogens is 1. The molecule has 0 radical (unpaired) electrons. The summed E-state index contributed by atoms with van der Waals surface area (Å²) < 4.78 is 0. The van der Waals surface area contributed by atoms with Gasteiger partial charge in [-0.2, -0.15) is 0 Å². The number of nitrogens with zero attached hydrogens (tertiary/aromatic N) is 2. The Kier molecular flexibility index (Phi) is 4.26. The number of hydrogen-bond donors (Lipinski definition) is 1. The van der Waals surface area contributed by atoms with Crippen molar-refractivity contribution in [3.05, 3.63) is 65.5 Å². The van der Waals surface area contributed by atoms with Crippen LogP contribution in [0.2, 0.25) is 0 Å². The van der Waals surface area contributed by atoms with Crippen molar-refractivity contribution >= 4 is 28.7 Å². The van der Waals surface area contributed by atoms with E-state index in [2.05, 4.69) is 28.2 Å². The summed E-state index contributed by atoms with van der Waals surface area (Å²) in [5.41, 5.74) is 4.68. The first-order valence-electron chi connectivity index (χ1n) is 8.15. The highest BCUT2D eigenvalue weighted by molar-refractivity contribution is 7.99. The maximum Gasteiger partial charge on any atom is 0.232 e. The van der Waals surface area contributed by atoms with Gasteiger partial charge < -0.3 is 9.88 Å². The van der Waals surface area contributed by atoms with E-state index in [0.29, 0.717) is 5.75 Å². The van der Waals surface area contributed by atoms with E-state index >= 15 is 0 Å². The van der Waals surface area contributed by atoms with Crippen molar-refractivity contribution in [2.75, 3.05) is 12.3 Å². The van der Waals surface area contributed by atoms with E-state index in [9.17, 15) is 4.79 Å². The first-order chi connectivity index (χ1) is 11.8. The summed E-state index contributed by atoms with van der Waals surface area (Å²) in [5, 5.41) is 0. The van der Waals surface area contributed by atoms with Crippen LogP contribution in [0.5, 0.6) is 0 Å². The standard InChI is InChI=1S/C19H19N3OS/c23-19(22-10-9-14-5-1-2-6-15(14)11-22)13-24-12-18-20-16-7-3-4-8-17(16)21-18/h1-8H,9-13H2,(H,20,21). The van der Waals surface area contributed by atoms with E-state index in [1.54, 1.807) is 11.8 Å². The Hall–Kier alpha value is -2.27. The number of amides is 1. The van der Waals surface area contributed by atoms with Crippen LogP contribution in [0.25, 0.3) is 11.0 Å². The summed E-state index contributed by atoms with van der Waals surface area (Å²) in [6.45, 7) is 1.56. The number of imidazole rings is 1. The minimum absolute atomic E-state index is 0.214. The monoisotopic (exact) mass is 337 g/mol. The molecular weight excluding hydrogens is 318 g/mol. The summed E-state index contributed by atoms with van der Waals surface area (Å²) in [6, 6.07) is 16.4. The highest BCUT2D eigenvalue weighted by Gasteiger charge is 2.20. The van der Waals surface area contributed by atoms with Crippen LogP contribution >= 0.6 is 11.8 Å².